The number of anilines is 1. The number of aliphatic imine (C=N–C) groups is 1. The second kappa shape index (κ2) is 11.2. The fraction of sp³-hybridized carbons (Fsp3) is 0.594. The third kappa shape index (κ3) is 6.17. The van der Waals surface area contributed by atoms with Crippen LogP contribution in [0, 0.1) is 11.8 Å². The summed E-state index contributed by atoms with van der Waals surface area (Å²) >= 11 is 0. The molecule has 0 saturated heterocycles. The molecule has 8 nitrogen and oxygen atoms in total. The van der Waals surface area contributed by atoms with Crippen LogP contribution in [-0.2, 0) is 11.8 Å². The van der Waals surface area contributed by atoms with Gasteiger partial charge >= 0.3 is 6.18 Å². The molecule has 1 aromatic carbocycles. The van der Waals surface area contributed by atoms with Crippen molar-refractivity contribution in [1.82, 2.24) is 19.4 Å². The van der Waals surface area contributed by atoms with Gasteiger partial charge in [0.15, 0.2) is 0 Å². The predicted octanol–water partition coefficient (Wildman–Crippen LogP) is 5.35. The molecule has 1 aliphatic heterocycles. The lowest BCUT2D eigenvalue weighted by Gasteiger charge is -2.44. The summed E-state index contributed by atoms with van der Waals surface area (Å²) in [6.07, 6.45) is 0.763. The first-order valence-electron chi connectivity index (χ1n) is 15.2. The summed E-state index contributed by atoms with van der Waals surface area (Å²) in [5.41, 5.74) is 11.2. The van der Waals surface area contributed by atoms with Crippen molar-refractivity contribution in [3.05, 3.63) is 47.9 Å². The number of aliphatic hydroxyl groups is 2. The van der Waals surface area contributed by atoms with Crippen LogP contribution in [0.25, 0.3) is 11.0 Å². The van der Waals surface area contributed by atoms with Crippen molar-refractivity contribution in [3.63, 3.8) is 0 Å². The summed E-state index contributed by atoms with van der Waals surface area (Å²) in [6.45, 7) is 5.61. The summed E-state index contributed by atoms with van der Waals surface area (Å²) in [4.78, 5) is 14.6. The topological polar surface area (TPSA) is 113 Å². The molecular formula is C32H41F3N6O2. The van der Waals surface area contributed by atoms with Crippen LogP contribution in [0.3, 0.4) is 0 Å². The molecule has 2 fully saturated rings. The number of alkyl halides is 3. The van der Waals surface area contributed by atoms with E-state index in [9.17, 15) is 23.4 Å². The Morgan fingerprint density at radius 2 is 1.81 bits per heavy atom. The molecule has 4 N–H and O–H groups in total. The van der Waals surface area contributed by atoms with E-state index in [1.807, 2.05) is 0 Å². The van der Waals surface area contributed by atoms with Gasteiger partial charge in [0.2, 0.25) is 0 Å². The van der Waals surface area contributed by atoms with Gasteiger partial charge in [-0.3, -0.25) is 9.89 Å². The summed E-state index contributed by atoms with van der Waals surface area (Å²) in [7, 11) is 0. The van der Waals surface area contributed by atoms with Gasteiger partial charge in [0, 0.05) is 36.8 Å². The molecule has 0 spiro atoms. The number of halogens is 3. The lowest BCUT2D eigenvalue weighted by molar-refractivity contribution is -0.160. The zero-order valence-corrected chi connectivity index (χ0v) is 24.9. The van der Waals surface area contributed by atoms with Crippen molar-refractivity contribution in [2.45, 2.75) is 95.2 Å². The number of nitrogen functional groups attached to an aromatic ring is 1. The van der Waals surface area contributed by atoms with E-state index >= 15 is 0 Å². The predicted molar refractivity (Wildman–Crippen MR) is 160 cm³/mol. The Bertz CT molecular complexity index is 1510. The first kappa shape index (κ1) is 30.0. The third-order valence-electron chi connectivity index (χ3n) is 9.71. The fourth-order valence-corrected chi connectivity index (χ4v) is 7.15. The largest absolute Gasteiger partial charge is 0.401 e. The Labute approximate surface area is 249 Å². The highest BCUT2D eigenvalue weighted by Crippen LogP contribution is 2.42. The lowest BCUT2D eigenvalue weighted by Crippen LogP contribution is -2.51. The highest BCUT2D eigenvalue weighted by Gasteiger charge is 2.46. The molecule has 0 radical (unpaired) electrons. The zero-order valence-electron chi connectivity index (χ0n) is 24.9. The van der Waals surface area contributed by atoms with E-state index in [0.717, 1.165) is 30.7 Å². The van der Waals surface area contributed by atoms with Crippen LogP contribution in [0.15, 0.2) is 41.8 Å². The van der Waals surface area contributed by atoms with Gasteiger partial charge in [-0.25, -0.2) is 9.97 Å². The van der Waals surface area contributed by atoms with Crippen LogP contribution in [0.1, 0.15) is 70.0 Å². The van der Waals surface area contributed by atoms with Gasteiger partial charge < -0.3 is 20.5 Å². The number of nitrogens with zero attached hydrogens (tertiary/aromatic N) is 5. The number of fused-ring (bicyclic) bond motifs is 2. The molecule has 232 valence electrons. The maximum absolute atomic E-state index is 13.7. The summed E-state index contributed by atoms with van der Waals surface area (Å²) in [6, 6.07) is 7.55. The van der Waals surface area contributed by atoms with Crippen molar-refractivity contribution in [2.24, 2.45) is 16.8 Å². The van der Waals surface area contributed by atoms with Crippen molar-refractivity contribution >= 4 is 28.3 Å². The van der Waals surface area contributed by atoms with E-state index in [0.29, 0.717) is 42.0 Å². The minimum Gasteiger partial charge on any atom is -0.390 e. The van der Waals surface area contributed by atoms with Gasteiger partial charge in [-0.1, -0.05) is 32.9 Å². The molecule has 4 atom stereocenters. The summed E-state index contributed by atoms with van der Waals surface area (Å²) in [5.74, 6) is 0.145. The number of hydrogen-bond acceptors (Lipinski definition) is 7. The van der Waals surface area contributed by atoms with Crippen LogP contribution < -0.4 is 5.73 Å². The first-order valence-corrected chi connectivity index (χ1v) is 15.2. The van der Waals surface area contributed by atoms with E-state index < -0.39 is 36.9 Å². The highest BCUT2D eigenvalue weighted by molar-refractivity contribution is 5.94. The Morgan fingerprint density at radius 1 is 1.05 bits per heavy atom. The molecule has 3 aromatic rings. The van der Waals surface area contributed by atoms with Gasteiger partial charge in [-0.2, -0.15) is 13.2 Å². The van der Waals surface area contributed by atoms with E-state index in [-0.39, 0.29) is 18.0 Å². The fourth-order valence-electron chi connectivity index (χ4n) is 7.15. The Balaban J connectivity index is 1.07. The number of nitrogens with two attached hydrogens (primary N) is 1. The lowest BCUT2D eigenvalue weighted by atomic mass is 9.76. The maximum atomic E-state index is 13.7. The van der Waals surface area contributed by atoms with Crippen molar-refractivity contribution in [1.29, 1.82) is 0 Å². The molecule has 11 heteroatoms. The monoisotopic (exact) mass is 598 g/mol. The number of hydrogen-bond donors (Lipinski definition) is 3. The van der Waals surface area contributed by atoms with Gasteiger partial charge in [0.25, 0.3) is 0 Å². The molecule has 3 aliphatic rings. The van der Waals surface area contributed by atoms with E-state index in [2.05, 4.69) is 48.9 Å². The Morgan fingerprint density at radius 3 is 2.53 bits per heavy atom. The molecule has 0 bridgehead atoms. The maximum Gasteiger partial charge on any atom is 0.401 e. The van der Waals surface area contributed by atoms with E-state index in [1.165, 1.54) is 22.4 Å². The molecule has 3 heterocycles. The summed E-state index contributed by atoms with van der Waals surface area (Å²) in [5, 5.41) is 22.5. The van der Waals surface area contributed by atoms with Gasteiger partial charge in [-0.05, 0) is 66.7 Å². The quantitative estimate of drug-likeness (QED) is 0.323. The second-order valence-electron chi connectivity index (χ2n) is 13.8. The number of rotatable bonds is 8. The van der Waals surface area contributed by atoms with Crippen molar-refractivity contribution in [3.8, 4) is 0 Å². The summed E-state index contributed by atoms with van der Waals surface area (Å²) < 4.78 is 42.8. The first-order chi connectivity index (χ1) is 20.3. The van der Waals surface area contributed by atoms with Crippen LogP contribution in [0.5, 0.6) is 0 Å². The Kier molecular flexibility index (Phi) is 7.79. The molecule has 0 amide bonds. The zero-order chi connectivity index (χ0) is 30.7. The average Bonchev–Trinajstić information content (AvgIpc) is 3.58. The van der Waals surface area contributed by atoms with Gasteiger partial charge in [-0.15, -0.1) is 0 Å². The minimum absolute atomic E-state index is 0.0597. The molecule has 0 unspecified atom stereocenters. The number of aliphatic hydroxyl groups excluding tert-OH is 2. The normalized spacial score (nSPS) is 27.5. The van der Waals surface area contributed by atoms with Crippen LogP contribution >= 0.6 is 0 Å². The Hall–Kier alpha value is -3.02. The van der Waals surface area contributed by atoms with E-state index in [1.54, 1.807) is 16.8 Å². The smallest absolute Gasteiger partial charge is 0.390 e. The molecular weight excluding hydrogens is 557 g/mol. The molecule has 43 heavy (non-hydrogen) atoms. The minimum atomic E-state index is -4.35. The SMILES string of the molecule is CC(C)(C)c1ccc2c(c1)N=C(CCC1CC(N(C[C@H]3C[C@@H](n4ccc5c(N)ncnc54)[C@H](O)[C@@H]3O)CC(F)(F)F)C1)C2. The number of aromatic nitrogens is 3. The van der Waals surface area contributed by atoms with Crippen LogP contribution in [0.2, 0.25) is 0 Å². The molecule has 6 rings (SSSR count). The number of benzene rings is 1. The van der Waals surface area contributed by atoms with Crippen molar-refractivity contribution < 1.29 is 23.4 Å². The standard InChI is InChI=1S/C32H41F3N6O2/c1-31(2,3)21-6-5-19-12-22(39-25(19)14-21)7-4-18-10-23(11-18)40(16-32(33,34)35)15-20-13-26(28(43)27(20)42)41-9-8-24-29(36)37-17-38-30(24)41/h5-6,8-9,14,17-18,20,23,26-28,42-43H,4,7,10-13,15-16H2,1-3H3,(H2,36,37,38)/t18?,20-,23?,26-,27-,28+/m1/s1. The molecule has 2 aliphatic carbocycles. The van der Waals surface area contributed by atoms with Crippen molar-refractivity contribution in [2.75, 3.05) is 18.8 Å². The highest BCUT2D eigenvalue weighted by atomic mass is 19.4. The van der Waals surface area contributed by atoms with E-state index in [4.69, 9.17) is 10.7 Å². The van der Waals surface area contributed by atoms with Crippen LogP contribution in [-0.4, -0.2) is 72.9 Å². The van der Waals surface area contributed by atoms with Gasteiger partial charge in [0.05, 0.1) is 29.8 Å². The third-order valence-corrected chi connectivity index (χ3v) is 9.71. The second-order valence-corrected chi connectivity index (χ2v) is 13.8. The van der Waals surface area contributed by atoms with Gasteiger partial charge in [0.1, 0.15) is 23.9 Å². The average molecular weight is 599 g/mol. The molecule has 2 saturated carbocycles. The van der Waals surface area contributed by atoms with Crippen LogP contribution in [0.4, 0.5) is 24.7 Å². The molecule has 2 aromatic heterocycles.